The minimum atomic E-state index is -0.833. The van der Waals surface area contributed by atoms with Crippen LogP contribution < -0.4 is 15.8 Å². The zero-order valence-corrected chi connectivity index (χ0v) is 24.5. The normalized spacial score (nSPS) is 19.7. The highest BCUT2D eigenvalue weighted by molar-refractivity contribution is 5.98. The van der Waals surface area contributed by atoms with Crippen molar-refractivity contribution in [3.05, 3.63) is 48.7 Å². The molecule has 0 spiro atoms. The molecule has 4 aromatic rings. The number of rotatable bonds is 7. The number of hydrogen-bond acceptors (Lipinski definition) is 10. The first kappa shape index (κ1) is 29.3. The molecule has 0 atom stereocenters. The Morgan fingerprint density at radius 2 is 1.83 bits per heavy atom. The molecule has 0 bridgehead atoms. The number of nitrogen functional groups attached to an aromatic ring is 1. The van der Waals surface area contributed by atoms with E-state index < -0.39 is 5.97 Å². The number of nitrogens with zero attached hydrogens (tertiary/aromatic N) is 6. The van der Waals surface area contributed by atoms with Crippen LogP contribution in [0, 0.1) is 0 Å². The first-order valence-corrected chi connectivity index (χ1v) is 14.4. The van der Waals surface area contributed by atoms with Crippen molar-refractivity contribution < 1.29 is 19.1 Å². The van der Waals surface area contributed by atoms with E-state index in [4.69, 9.17) is 29.9 Å². The summed E-state index contributed by atoms with van der Waals surface area (Å²) in [6, 6.07) is 10.8. The molecular weight excluding hydrogens is 536 g/mol. The molecule has 4 N–H and O–H groups in total. The predicted octanol–water partition coefficient (Wildman–Crippen LogP) is 4.11. The van der Waals surface area contributed by atoms with Crippen molar-refractivity contribution in [2.24, 2.45) is 0 Å². The van der Waals surface area contributed by atoms with Crippen LogP contribution >= 0.6 is 0 Å². The molecule has 1 saturated carbocycles. The third-order valence-corrected chi connectivity index (χ3v) is 8.09. The summed E-state index contributed by atoms with van der Waals surface area (Å²) in [4.78, 5) is 23.0. The summed E-state index contributed by atoms with van der Waals surface area (Å²) in [6.07, 6.45) is 7.72. The highest BCUT2D eigenvalue weighted by Gasteiger charge is 2.30. The van der Waals surface area contributed by atoms with E-state index in [0.29, 0.717) is 24.4 Å². The Morgan fingerprint density at radius 1 is 1.12 bits per heavy atom. The lowest BCUT2D eigenvalue weighted by Gasteiger charge is -2.41. The van der Waals surface area contributed by atoms with Crippen LogP contribution in [0.15, 0.2) is 47.3 Å². The van der Waals surface area contributed by atoms with Gasteiger partial charge in [0.15, 0.2) is 5.65 Å². The third-order valence-electron chi connectivity index (χ3n) is 8.09. The van der Waals surface area contributed by atoms with E-state index >= 15 is 0 Å². The number of hydrogen-bond donors (Lipinski definition) is 3. The molecule has 2 aliphatic rings. The SMILES string of the molecule is CC(=O)O.COc1cc(-c2nn(C3CCC(N4CCN(C)CC4)CC3)c3ncnc(N)c23)ccc1NCc1ccco1. The first-order valence-electron chi connectivity index (χ1n) is 14.4. The number of anilines is 2. The van der Waals surface area contributed by atoms with Crippen LogP contribution in [0.3, 0.4) is 0 Å². The van der Waals surface area contributed by atoms with Crippen LogP contribution in [0.2, 0.25) is 0 Å². The van der Waals surface area contributed by atoms with Gasteiger partial charge in [0.2, 0.25) is 0 Å². The summed E-state index contributed by atoms with van der Waals surface area (Å²) in [6.45, 7) is 6.29. The number of piperazine rings is 1. The lowest BCUT2D eigenvalue weighted by Crippen LogP contribution is -2.49. The molecule has 2 fully saturated rings. The molecular formula is C30H40N8O4. The number of carboxylic acid groups (broad SMARTS) is 1. The lowest BCUT2D eigenvalue weighted by atomic mass is 9.90. The predicted molar refractivity (Wildman–Crippen MR) is 161 cm³/mol. The molecule has 4 heterocycles. The van der Waals surface area contributed by atoms with Gasteiger partial charge >= 0.3 is 0 Å². The first-order chi connectivity index (χ1) is 20.3. The Morgan fingerprint density at radius 3 is 2.50 bits per heavy atom. The van der Waals surface area contributed by atoms with Gasteiger partial charge in [0.05, 0.1) is 37.0 Å². The van der Waals surface area contributed by atoms with Crippen molar-refractivity contribution in [3.63, 3.8) is 0 Å². The van der Waals surface area contributed by atoms with Crippen LogP contribution in [-0.4, -0.2) is 87.0 Å². The van der Waals surface area contributed by atoms with Gasteiger partial charge in [-0.15, -0.1) is 0 Å². The molecule has 0 unspecified atom stereocenters. The van der Waals surface area contributed by atoms with E-state index in [9.17, 15) is 0 Å². The molecule has 12 heteroatoms. The van der Waals surface area contributed by atoms with Gasteiger partial charge in [-0.3, -0.25) is 9.69 Å². The fourth-order valence-corrected chi connectivity index (χ4v) is 5.89. The summed E-state index contributed by atoms with van der Waals surface area (Å²) in [5, 5.41) is 16.7. The van der Waals surface area contributed by atoms with Gasteiger partial charge in [-0.05, 0) is 57.0 Å². The maximum atomic E-state index is 9.00. The molecule has 1 aliphatic carbocycles. The number of nitrogens with two attached hydrogens (primary N) is 1. The standard InChI is InChI=1S/C28H36N8O2.C2H4O2/c1-34-11-13-35(14-12-34)20-6-8-21(9-7-20)36-28-25(27(29)31-18-32-28)26(33-36)19-5-10-23(24(16-19)37-2)30-17-22-4-3-15-38-22;1-2(3)4/h3-5,10,15-16,18,20-21,30H,6-9,11-14,17H2,1-2H3,(H2,29,31,32);1H3,(H,3,4). The topological polar surface area (TPSA) is 148 Å². The maximum absolute atomic E-state index is 9.00. The molecule has 224 valence electrons. The monoisotopic (exact) mass is 576 g/mol. The molecule has 12 nitrogen and oxygen atoms in total. The van der Waals surface area contributed by atoms with Crippen molar-refractivity contribution in [2.75, 3.05) is 51.4 Å². The Kier molecular flexibility index (Phi) is 9.23. The number of carbonyl (C=O) groups is 1. The highest BCUT2D eigenvalue weighted by atomic mass is 16.5. The van der Waals surface area contributed by atoms with Gasteiger partial charge in [0.25, 0.3) is 5.97 Å². The Labute approximate surface area is 245 Å². The van der Waals surface area contributed by atoms with Gasteiger partial charge < -0.3 is 30.2 Å². The molecule has 0 radical (unpaired) electrons. The minimum Gasteiger partial charge on any atom is -0.495 e. The second-order valence-electron chi connectivity index (χ2n) is 10.9. The van der Waals surface area contributed by atoms with E-state index in [0.717, 1.165) is 72.3 Å². The van der Waals surface area contributed by atoms with Gasteiger partial charge in [0, 0.05) is 44.7 Å². The number of nitrogens with one attached hydrogen (secondary N) is 1. The average Bonchev–Trinajstić information content (AvgIpc) is 3.65. The number of carboxylic acids is 1. The zero-order valence-electron chi connectivity index (χ0n) is 24.5. The number of fused-ring (bicyclic) bond motifs is 1. The maximum Gasteiger partial charge on any atom is 0.300 e. The van der Waals surface area contributed by atoms with Crippen molar-refractivity contribution in [3.8, 4) is 17.0 Å². The number of aromatic nitrogens is 4. The number of methoxy groups -OCH3 is 1. The largest absolute Gasteiger partial charge is 0.495 e. The second-order valence-corrected chi connectivity index (χ2v) is 10.9. The molecule has 3 aromatic heterocycles. The van der Waals surface area contributed by atoms with E-state index in [1.54, 1.807) is 13.4 Å². The Hall–Kier alpha value is -4.16. The van der Waals surface area contributed by atoms with Gasteiger partial charge in [-0.2, -0.15) is 5.10 Å². The molecule has 1 aromatic carbocycles. The van der Waals surface area contributed by atoms with Gasteiger partial charge in [-0.25, -0.2) is 14.6 Å². The average molecular weight is 577 g/mol. The zero-order chi connectivity index (χ0) is 29.6. The quantitative estimate of drug-likeness (QED) is 0.292. The Bertz CT molecular complexity index is 1470. The fourth-order valence-electron chi connectivity index (χ4n) is 5.89. The van der Waals surface area contributed by atoms with Gasteiger partial charge in [-0.1, -0.05) is 6.07 Å². The second kappa shape index (κ2) is 13.2. The van der Waals surface area contributed by atoms with E-state index in [-0.39, 0.29) is 0 Å². The fraction of sp³-hybridized carbons (Fsp3) is 0.467. The molecule has 0 amide bonds. The van der Waals surface area contributed by atoms with E-state index in [1.165, 1.54) is 32.3 Å². The number of benzene rings is 1. The van der Waals surface area contributed by atoms with Crippen molar-refractivity contribution in [2.45, 2.75) is 51.2 Å². The lowest BCUT2D eigenvalue weighted by molar-refractivity contribution is -0.134. The van der Waals surface area contributed by atoms with Crippen molar-refractivity contribution in [1.82, 2.24) is 29.5 Å². The number of furan rings is 1. The summed E-state index contributed by atoms with van der Waals surface area (Å²) < 4.78 is 13.3. The summed E-state index contributed by atoms with van der Waals surface area (Å²) in [5.41, 5.74) is 9.78. The smallest absolute Gasteiger partial charge is 0.300 e. The Balaban J connectivity index is 0.000000830. The van der Waals surface area contributed by atoms with Crippen molar-refractivity contribution >= 4 is 28.5 Å². The molecule has 42 heavy (non-hydrogen) atoms. The molecule has 1 aliphatic heterocycles. The number of aliphatic carboxylic acids is 1. The summed E-state index contributed by atoms with van der Waals surface area (Å²) in [7, 11) is 3.88. The summed E-state index contributed by atoms with van der Waals surface area (Å²) >= 11 is 0. The number of ether oxygens (including phenoxy) is 1. The van der Waals surface area contributed by atoms with Crippen LogP contribution in [0.5, 0.6) is 5.75 Å². The summed E-state index contributed by atoms with van der Waals surface area (Å²) in [5.74, 6) is 1.19. The molecule has 6 rings (SSSR count). The van der Waals surface area contributed by atoms with Crippen LogP contribution in [0.4, 0.5) is 11.5 Å². The van der Waals surface area contributed by atoms with Crippen LogP contribution in [-0.2, 0) is 11.3 Å². The van der Waals surface area contributed by atoms with Gasteiger partial charge in [0.1, 0.15) is 29.3 Å². The molecule has 1 saturated heterocycles. The highest BCUT2D eigenvalue weighted by Crippen LogP contribution is 2.39. The number of likely N-dealkylation sites (N-methyl/N-ethyl adjacent to an activating group) is 1. The van der Waals surface area contributed by atoms with Crippen LogP contribution in [0.25, 0.3) is 22.3 Å². The van der Waals surface area contributed by atoms with Crippen molar-refractivity contribution in [1.29, 1.82) is 0 Å². The minimum absolute atomic E-state index is 0.292. The third kappa shape index (κ3) is 6.66. The van der Waals surface area contributed by atoms with E-state index in [2.05, 4.69) is 36.8 Å². The van der Waals surface area contributed by atoms with E-state index in [1.807, 2.05) is 30.3 Å². The van der Waals surface area contributed by atoms with Crippen LogP contribution in [0.1, 0.15) is 44.4 Å².